The van der Waals surface area contributed by atoms with Crippen LogP contribution in [0.3, 0.4) is 0 Å². The van der Waals surface area contributed by atoms with Gasteiger partial charge in [0.05, 0.1) is 5.56 Å². The molecule has 0 bridgehead atoms. The quantitative estimate of drug-likeness (QED) is 0.874. The summed E-state index contributed by atoms with van der Waals surface area (Å²) in [6.07, 6.45) is -1.90. The maximum atomic E-state index is 12.6. The van der Waals surface area contributed by atoms with Crippen molar-refractivity contribution in [3.05, 3.63) is 27.7 Å². The molecule has 1 aromatic carbocycles. The Morgan fingerprint density at radius 2 is 1.94 bits per heavy atom. The van der Waals surface area contributed by atoms with E-state index in [0.717, 1.165) is 31.4 Å². The van der Waals surface area contributed by atoms with E-state index in [1.54, 1.807) is 0 Å². The second kappa shape index (κ2) is 4.42. The van der Waals surface area contributed by atoms with Gasteiger partial charge in [0, 0.05) is 22.0 Å². The molecule has 1 saturated carbocycles. The van der Waals surface area contributed by atoms with Crippen LogP contribution < -0.4 is 5.73 Å². The standard InChI is InChI=1S/C12H13BrF3NO/c13-8-4-7(12(14,15)16)5-9(18)10(8)11(6-17)2-1-3-11/h4-5,18H,1-3,6,17H2. The topological polar surface area (TPSA) is 46.2 Å². The van der Waals surface area contributed by atoms with E-state index < -0.39 is 11.7 Å². The van der Waals surface area contributed by atoms with E-state index in [2.05, 4.69) is 15.9 Å². The highest BCUT2D eigenvalue weighted by Crippen LogP contribution is 2.50. The van der Waals surface area contributed by atoms with Crippen molar-refractivity contribution in [2.24, 2.45) is 5.73 Å². The maximum Gasteiger partial charge on any atom is 0.416 e. The van der Waals surface area contributed by atoms with E-state index in [-0.39, 0.29) is 15.6 Å². The van der Waals surface area contributed by atoms with Crippen LogP contribution in [-0.2, 0) is 11.6 Å². The van der Waals surface area contributed by atoms with E-state index in [9.17, 15) is 18.3 Å². The molecule has 0 saturated heterocycles. The zero-order chi connectivity index (χ0) is 13.6. The van der Waals surface area contributed by atoms with Gasteiger partial charge in [-0.05, 0) is 25.0 Å². The minimum absolute atomic E-state index is 0.278. The number of halogens is 4. The molecule has 0 heterocycles. The summed E-state index contributed by atoms with van der Waals surface area (Å²) in [4.78, 5) is 0. The average Bonchev–Trinajstić information content (AvgIpc) is 2.19. The third kappa shape index (κ3) is 2.12. The third-order valence-electron chi connectivity index (χ3n) is 3.63. The van der Waals surface area contributed by atoms with Crippen LogP contribution in [0.1, 0.15) is 30.4 Å². The largest absolute Gasteiger partial charge is 0.508 e. The van der Waals surface area contributed by atoms with Gasteiger partial charge >= 0.3 is 6.18 Å². The number of phenolic OH excluding ortho intramolecular Hbond substituents is 1. The van der Waals surface area contributed by atoms with Gasteiger partial charge in [-0.15, -0.1) is 0 Å². The minimum atomic E-state index is -4.46. The van der Waals surface area contributed by atoms with Crippen LogP contribution in [-0.4, -0.2) is 11.7 Å². The molecule has 0 atom stereocenters. The fraction of sp³-hybridized carbons (Fsp3) is 0.500. The first kappa shape index (κ1) is 13.7. The Morgan fingerprint density at radius 1 is 1.33 bits per heavy atom. The molecule has 0 unspecified atom stereocenters. The first-order valence-electron chi connectivity index (χ1n) is 5.60. The van der Waals surface area contributed by atoms with Crippen molar-refractivity contribution >= 4 is 15.9 Å². The van der Waals surface area contributed by atoms with Crippen molar-refractivity contribution in [2.45, 2.75) is 30.9 Å². The number of nitrogens with two attached hydrogens (primary N) is 1. The molecule has 100 valence electrons. The summed E-state index contributed by atoms with van der Waals surface area (Å²) in [6, 6.07) is 1.78. The second-order valence-corrected chi connectivity index (χ2v) is 5.54. The molecule has 1 aliphatic rings. The molecule has 0 amide bonds. The van der Waals surface area contributed by atoms with Crippen LogP contribution in [0.15, 0.2) is 16.6 Å². The summed E-state index contributed by atoms with van der Waals surface area (Å²) >= 11 is 3.13. The Kier molecular flexibility index (Phi) is 3.36. The Labute approximate surface area is 111 Å². The summed E-state index contributed by atoms with van der Waals surface area (Å²) in [6.45, 7) is 0.324. The van der Waals surface area contributed by atoms with E-state index >= 15 is 0 Å². The van der Waals surface area contributed by atoms with E-state index in [1.165, 1.54) is 0 Å². The van der Waals surface area contributed by atoms with Crippen LogP contribution >= 0.6 is 15.9 Å². The minimum Gasteiger partial charge on any atom is -0.508 e. The number of alkyl halides is 3. The van der Waals surface area contributed by atoms with Crippen LogP contribution in [0.2, 0.25) is 0 Å². The molecular formula is C12H13BrF3NO. The van der Waals surface area contributed by atoms with Crippen molar-refractivity contribution in [1.82, 2.24) is 0 Å². The zero-order valence-corrected chi connectivity index (χ0v) is 11.1. The van der Waals surface area contributed by atoms with Crippen molar-refractivity contribution in [1.29, 1.82) is 0 Å². The highest BCUT2D eigenvalue weighted by atomic mass is 79.9. The molecule has 1 aromatic rings. The Balaban J connectivity index is 2.51. The van der Waals surface area contributed by atoms with Gasteiger partial charge in [0.2, 0.25) is 0 Å². The lowest BCUT2D eigenvalue weighted by atomic mass is 9.64. The molecule has 18 heavy (non-hydrogen) atoms. The number of hydrogen-bond donors (Lipinski definition) is 2. The summed E-state index contributed by atoms with van der Waals surface area (Å²) in [5.74, 6) is -0.332. The molecule has 0 aromatic heterocycles. The van der Waals surface area contributed by atoms with Gasteiger partial charge in [-0.3, -0.25) is 0 Å². The summed E-state index contributed by atoms with van der Waals surface area (Å²) in [7, 11) is 0. The van der Waals surface area contributed by atoms with Crippen LogP contribution in [0.25, 0.3) is 0 Å². The highest BCUT2D eigenvalue weighted by molar-refractivity contribution is 9.10. The first-order chi connectivity index (χ1) is 8.30. The van der Waals surface area contributed by atoms with Gasteiger partial charge in [0.15, 0.2) is 0 Å². The number of rotatable bonds is 2. The number of benzene rings is 1. The molecule has 6 heteroatoms. The molecule has 1 aliphatic carbocycles. The maximum absolute atomic E-state index is 12.6. The molecular weight excluding hydrogens is 311 g/mol. The third-order valence-corrected chi connectivity index (χ3v) is 4.25. The molecule has 2 rings (SSSR count). The summed E-state index contributed by atoms with van der Waals surface area (Å²) < 4.78 is 38.1. The molecule has 0 radical (unpaired) electrons. The van der Waals surface area contributed by atoms with E-state index in [1.807, 2.05) is 0 Å². The van der Waals surface area contributed by atoms with Crippen molar-refractivity contribution < 1.29 is 18.3 Å². The molecule has 0 spiro atoms. The molecule has 2 nitrogen and oxygen atoms in total. The lowest BCUT2D eigenvalue weighted by Gasteiger charge is -2.42. The Bertz CT molecular complexity index is 440. The Morgan fingerprint density at radius 3 is 2.28 bits per heavy atom. The Hall–Kier alpha value is -0.750. The van der Waals surface area contributed by atoms with Gasteiger partial charge in [0.1, 0.15) is 5.75 Å². The predicted molar refractivity (Wildman–Crippen MR) is 65.4 cm³/mol. The van der Waals surface area contributed by atoms with Gasteiger partial charge in [-0.2, -0.15) is 13.2 Å². The number of hydrogen-bond acceptors (Lipinski definition) is 2. The molecule has 1 fully saturated rings. The first-order valence-corrected chi connectivity index (χ1v) is 6.40. The normalized spacial score (nSPS) is 18.5. The number of aromatic hydroxyl groups is 1. The van der Waals surface area contributed by atoms with E-state index in [4.69, 9.17) is 5.73 Å². The van der Waals surface area contributed by atoms with Gasteiger partial charge < -0.3 is 10.8 Å². The second-order valence-electron chi connectivity index (χ2n) is 4.69. The lowest BCUT2D eigenvalue weighted by molar-refractivity contribution is -0.137. The summed E-state index contributed by atoms with van der Waals surface area (Å²) in [5.41, 5.74) is 4.97. The monoisotopic (exact) mass is 323 g/mol. The van der Waals surface area contributed by atoms with Crippen molar-refractivity contribution in [3.8, 4) is 5.75 Å². The van der Waals surface area contributed by atoms with Crippen LogP contribution in [0.5, 0.6) is 5.75 Å². The average molecular weight is 324 g/mol. The van der Waals surface area contributed by atoms with Crippen molar-refractivity contribution in [2.75, 3.05) is 6.54 Å². The smallest absolute Gasteiger partial charge is 0.416 e. The fourth-order valence-electron chi connectivity index (χ4n) is 2.44. The summed E-state index contributed by atoms with van der Waals surface area (Å²) in [5, 5.41) is 9.88. The highest BCUT2D eigenvalue weighted by Gasteiger charge is 2.42. The van der Waals surface area contributed by atoms with Gasteiger partial charge in [0.25, 0.3) is 0 Å². The van der Waals surface area contributed by atoms with Gasteiger partial charge in [-0.1, -0.05) is 22.4 Å². The predicted octanol–water partition coefficient (Wildman–Crippen LogP) is 3.55. The molecule has 3 N–H and O–H groups in total. The SMILES string of the molecule is NCC1(c2c(O)cc(C(F)(F)F)cc2Br)CCC1. The van der Waals surface area contributed by atoms with Crippen molar-refractivity contribution in [3.63, 3.8) is 0 Å². The zero-order valence-electron chi connectivity index (χ0n) is 9.52. The fourth-order valence-corrected chi connectivity index (χ4v) is 3.31. The van der Waals surface area contributed by atoms with E-state index in [0.29, 0.717) is 12.1 Å². The van der Waals surface area contributed by atoms with Crippen LogP contribution in [0, 0.1) is 0 Å². The molecule has 0 aliphatic heterocycles. The van der Waals surface area contributed by atoms with Crippen LogP contribution in [0.4, 0.5) is 13.2 Å². The number of phenols is 1. The lowest BCUT2D eigenvalue weighted by Crippen LogP contribution is -2.41. The van der Waals surface area contributed by atoms with Gasteiger partial charge in [-0.25, -0.2) is 0 Å².